The number of hydrogen-bond acceptors (Lipinski definition) is 4. The minimum absolute atomic E-state index is 0.0751. The number of aliphatic hydroxyl groups excluding tert-OH is 1. The van der Waals surface area contributed by atoms with Gasteiger partial charge < -0.3 is 20.2 Å². The van der Waals surface area contributed by atoms with E-state index in [9.17, 15) is 9.90 Å². The molecule has 1 unspecified atom stereocenters. The van der Waals surface area contributed by atoms with Crippen LogP contribution in [-0.4, -0.2) is 58.0 Å². The van der Waals surface area contributed by atoms with Gasteiger partial charge in [0.2, 0.25) is 0 Å². The average molecular weight is 205 g/mol. The molecule has 1 atom stereocenters. The zero-order valence-electron chi connectivity index (χ0n) is 8.73. The van der Waals surface area contributed by atoms with Crippen molar-refractivity contribution in [2.75, 3.05) is 26.2 Å². The number of likely N-dealkylation sites (N-methyl/N-ethyl adjacent to an activating group) is 1. The van der Waals surface area contributed by atoms with Crippen molar-refractivity contribution in [1.29, 1.82) is 0 Å². The predicted molar refractivity (Wildman–Crippen MR) is 52.1 cm³/mol. The molecule has 0 amide bonds. The number of aliphatic carboxylic acids is 1. The highest BCUT2D eigenvalue weighted by Gasteiger charge is 2.31. The third-order valence-electron chi connectivity index (χ3n) is 2.07. The van der Waals surface area contributed by atoms with Crippen molar-refractivity contribution in [3.05, 3.63) is 0 Å². The highest BCUT2D eigenvalue weighted by Crippen LogP contribution is 2.06. The predicted octanol–water partition coefficient (Wildman–Crippen LogP) is -0.474. The van der Waals surface area contributed by atoms with E-state index in [4.69, 9.17) is 10.2 Å². The van der Waals surface area contributed by atoms with E-state index in [2.05, 4.69) is 0 Å². The Labute approximate surface area is 84.0 Å². The summed E-state index contributed by atoms with van der Waals surface area (Å²) in [6, 6.07) is 0. The van der Waals surface area contributed by atoms with Gasteiger partial charge in [0.05, 0.1) is 0 Å². The zero-order chi connectivity index (χ0) is 11.2. The Morgan fingerprint density at radius 2 is 2.07 bits per heavy atom. The Morgan fingerprint density at radius 3 is 2.43 bits per heavy atom. The van der Waals surface area contributed by atoms with E-state index in [1.165, 1.54) is 6.92 Å². The summed E-state index contributed by atoms with van der Waals surface area (Å²) in [7, 11) is 0. The fourth-order valence-corrected chi connectivity index (χ4v) is 1.15. The Morgan fingerprint density at radius 1 is 1.50 bits per heavy atom. The number of aliphatic hydroxyl groups is 2. The van der Waals surface area contributed by atoms with Crippen LogP contribution >= 0.6 is 0 Å². The number of carboxylic acids is 1. The van der Waals surface area contributed by atoms with Crippen molar-refractivity contribution in [2.45, 2.75) is 25.9 Å². The summed E-state index contributed by atoms with van der Waals surface area (Å²) in [5.41, 5.74) is -1.72. The normalized spacial score (nSPS) is 15.5. The van der Waals surface area contributed by atoms with Gasteiger partial charge in [-0.15, -0.1) is 0 Å². The van der Waals surface area contributed by atoms with E-state index in [0.29, 0.717) is 19.5 Å². The molecule has 0 heterocycles. The Kier molecular flexibility index (Phi) is 5.68. The van der Waals surface area contributed by atoms with Crippen LogP contribution in [0.5, 0.6) is 0 Å². The van der Waals surface area contributed by atoms with Gasteiger partial charge in [-0.2, -0.15) is 0 Å². The number of carboxylic acid groups (broad SMARTS) is 1. The summed E-state index contributed by atoms with van der Waals surface area (Å²) >= 11 is 0. The van der Waals surface area contributed by atoms with Crippen molar-refractivity contribution in [1.82, 2.24) is 4.90 Å². The quantitative estimate of drug-likeness (QED) is 0.523. The molecule has 3 N–H and O–H groups in total. The van der Waals surface area contributed by atoms with Crippen LogP contribution in [0.15, 0.2) is 0 Å². The van der Waals surface area contributed by atoms with E-state index in [1.807, 2.05) is 6.92 Å². The molecule has 84 valence electrons. The molecule has 5 heteroatoms. The van der Waals surface area contributed by atoms with Crippen LogP contribution in [-0.2, 0) is 4.79 Å². The smallest absolute Gasteiger partial charge is 0.336 e. The molecule has 5 nitrogen and oxygen atoms in total. The number of rotatable bonds is 7. The lowest BCUT2D eigenvalue weighted by atomic mass is 10.1. The second-order valence-corrected chi connectivity index (χ2v) is 3.52. The largest absolute Gasteiger partial charge is 0.479 e. The Bertz CT molecular complexity index is 182. The molecule has 0 rings (SSSR count). The van der Waals surface area contributed by atoms with Crippen LogP contribution in [0.25, 0.3) is 0 Å². The van der Waals surface area contributed by atoms with Crippen LogP contribution in [0.3, 0.4) is 0 Å². The number of nitrogens with zero attached hydrogens (tertiary/aromatic N) is 1. The SMILES string of the molecule is CCN(CCCO)CC(C)(O)C(=O)O. The third kappa shape index (κ3) is 4.55. The molecule has 0 saturated carbocycles. The average Bonchev–Trinajstić information content (AvgIpc) is 2.11. The van der Waals surface area contributed by atoms with Crippen LogP contribution in [0, 0.1) is 0 Å². The highest BCUT2D eigenvalue weighted by molar-refractivity contribution is 5.76. The van der Waals surface area contributed by atoms with E-state index < -0.39 is 11.6 Å². The molecule has 0 aromatic rings. The van der Waals surface area contributed by atoms with E-state index in [-0.39, 0.29) is 13.2 Å². The maximum Gasteiger partial charge on any atom is 0.336 e. The molecule has 0 aliphatic heterocycles. The van der Waals surface area contributed by atoms with Crippen molar-refractivity contribution in [2.24, 2.45) is 0 Å². The molecule has 0 radical (unpaired) electrons. The van der Waals surface area contributed by atoms with E-state index in [0.717, 1.165) is 0 Å². The molecule has 0 fully saturated rings. The van der Waals surface area contributed by atoms with Crippen molar-refractivity contribution in [3.63, 3.8) is 0 Å². The second kappa shape index (κ2) is 5.95. The first kappa shape index (κ1) is 13.4. The van der Waals surface area contributed by atoms with Gasteiger partial charge in [-0.1, -0.05) is 6.92 Å². The van der Waals surface area contributed by atoms with Gasteiger partial charge in [0.25, 0.3) is 0 Å². The fraction of sp³-hybridized carbons (Fsp3) is 0.889. The highest BCUT2D eigenvalue weighted by atomic mass is 16.4. The van der Waals surface area contributed by atoms with Gasteiger partial charge in [-0.05, 0) is 19.9 Å². The standard InChI is InChI=1S/C9H19NO4/c1-3-10(5-4-6-11)7-9(2,14)8(12)13/h11,14H,3-7H2,1-2H3,(H,12,13). The lowest BCUT2D eigenvalue weighted by molar-refractivity contribution is -0.158. The summed E-state index contributed by atoms with van der Waals surface area (Å²) in [5.74, 6) is -1.22. The maximum atomic E-state index is 10.6. The molecular weight excluding hydrogens is 186 g/mol. The van der Waals surface area contributed by atoms with Crippen LogP contribution in [0.4, 0.5) is 0 Å². The maximum absolute atomic E-state index is 10.6. The molecule has 14 heavy (non-hydrogen) atoms. The van der Waals surface area contributed by atoms with Gasteiger partial charge in [0.15, 0.2) is 5.60 Å². The van der Waals surface area contributed by atoms with Gasteiger partial charge in [-0.25, -0.2) is 4.79 Å². The van der Waals surface area contributed by atoms with E-state index in [1.54, 1.807) is 4.90 Å². The summed E-state index contributed by atoms with van der Waals surface area (Å²) in [4.78, 5) is 12.4. The summed E-state index contributed by atoms with van der Waals surface area (Å²) in [6.45, 7) is 4.57. The number of hydrogen-bond donors (Lipinski definition) is 3. The van der Waals surface area contributed by atoms with Gasteiger partial charge in [0.1, 0.15) is 0 Å². The summed E-state index contributed by atoms with van der Waals surface area (Å²) in [5, 5.41) is 26.8. The van der Waals surface area contributed by atoms with Crippen molar-refractivity contribution < 1.29 is 20.1 Å². The molecule has 0 aliphatic rings. The first-order chi connectivity index (χ1) is 6.44. The molecule has 0 spiro atoms. The van der Waals surface area contributed by atoms with Gasteiger partial charge >= 0.3 is 5.97 Å². The summed E-state index contributed by atoms with van der Waals surface area (Å²) in [6.07, 6.45) is 0.587. The lowest BCUT2D eigenvalue weighted by Crippen LogP contribution is -2.47. The molecule has 0 saturated heterocycles. The first-order valence-corrected chi connectivity index (χ1v) is 4.73. The fourth-order valence-electron chi connectivity index (χ4n) is 1.15. The van der Waals surface area contributed by atoms with Crippen molar-refractivity contribution >= 4 is 5.97 Å². The summed E-state index contributed by atoms with van der Waals surface area (Å²) < 4.78 is 0. The molecule has 0 bridgehead atoms. The van der Waals surface area contributed by atoms with E-state index >= 15 is 0 Å². The van der Waals surface area contributed by atoms with Crippen LogP contribution in [0.1, 0.15) is 20.3 Å². The molecule has 0 aromatic carbocycles. The second-order valence-electron chi connectivity index (χ2n) is 3.52. The number of carbonyl (C=O) groups is 1. The molecule has 0 aliphatic carbocycles. The topological polar surface area (TPSA) is 81.0 Å². The molecule has 0 aromatic heterocycles. The van der Waals surface area contributed by atoms with Gasteiger partial charge in [0, 0.05) is 19.7 Å². The molecular formula is C9H19NO4. The van der Waals surface area contributed by atoms with Gasteiger partial charge in [-0.3, -0.25) is 0 Å². The lowest BCUT2D eigenvalue weighted by Gasteiger charge is -2.27. The minimum atomic E-state index is -1.72. The van der Waals surface area contributed by atoms with Crippen LogP contribution in [0.2, 0.25) is 0 Å². The Hall–Kier alpha value is -0.650. The minimum Gasteiger partial charge on any atom is -0.479 e. The first-order valence-electron chi connectivity index (χ1n) is 4.73. The zero-order valence-corrected chi connectivity index (χ0v) is 8.73. The monoisotopic (exact) mass is 205 g/mol. The Balaban J connectivity index is 4.09. The van der Waals surface area contributed by atoms with Crippen molar-refractivity contribution in [3.8, 4) is 0 Å². The van der Waals surface area contributed by atoms with Crippen LogP contribution < -0.4 is 0 Å². The third-order valence-corrected chi connectivity index (χ3v) is 2.07.